The molecule has 3 N–H and O–H groups in total. The van der Waals surface area contributed by atoms with Crippen LogP contribution in [0.4, 0.5) is 4.79 Å². The van der Waals surface area contributed by atoms with E-state index in [0.29, 0.717) is 5.96 Å². The van der Waals surface area contributed by atoms with Gasteiger partial charge in [0.2, 0.25) is 11.8 Å². The van der Waals surface area contributed by atoms with Crippen LogP contribution in [0.5, 0.6) is 0 Å². The van der Waals surface area contributed by atoms with E-state index >= 15 is 0 Å². The van der Waals surface area contributed by atoms with Crippen molar-refractivity contribution in [2.45, 2.75) is 82.4 Å². The number of benzene rings is 1. The van der Waals surface area contributed by atoms with Crippen LogP contribution in [-0.4, -0.2) is 57.3 Å². The van der Waals surface area contributed by atoms with E-state index in [2.05, 4.69) is 43.5 Å². The van der Waals surface area contributed by atoms with Gasteiger partial charge in [-0.15, -0.1) is 0 Å². The minimum absolute atomic E-state index is 0.0401. The second-order valence-corrected chi connectivity index (χ2v) is 12.7. The zero-order valence-electron chi connectivity index (χ0n) is 24.3. The van der Waals surface area contributed by atoms with Crippen molar-refractivity contribution >= 4 is 45.7 Å². The Morgan fingerprint density at radius 3 is 2.34 bits per heavy atom. The molecule has 0 saturated heterocycles. The van der Waals surface area contributed by atoms with E-state index in [9.17, 15) is 13.2 Å². The fraction of sp³-hybridized carbons (Fsp3) is 0.500. The third kappa shape index (κ3) is 12.3. The lowest BCUT2D eigenvalue weighted by Gasteiger charge is -2.30. The monoisotopic (exact) mass is 608 g/mol. The number of ether oxygens (including phenoxy) is 2. The first kappa shape index (κ1) is 33.8. The number of rotatable bonds is 10. The van der Waals surface area contributed by atoms with Crippen LogP contribution >= 0.6 is 11.6 Å². The summed E-state index contributed by atoms with van der Waals surface area (Å²) in [5, 5.41) is 6.35. The van der Waals surface area contributed by atoms with Crippen LogP contribution in [0, 0.1) is 5.92 Å². The predicted molar refractivity (Wildman–Crippen MR) is 164 cm³/mol. The number of halogens is 1. The summed E-state index contributed by atoms with van der Waals surface area (Å²) in [6, 6.07) is 6.28. The number of amides is 1. The number of sulfonamides is 1. The predicted octanol–water partition coefficient (Wildman–Crippen LogP) is 5.16. The Morgan fingerprint density at radius 2 is 1.78 bits per heavy atom. The number of carbonyl (C=O) groups excluding carboxylic acids is 1. The number of hydrogen-bond acceptors (Lipinski definition) is 7. The highest BCUT2D eigenvalue weighted by Gasteiger charge is 2.25. The largest absolute Gasteiger partial charge is 0.481 e. The van der Waals surface area contributed by atoms with Gasteiger partial charge in [0.25, 0.3) is 10.0 Å². The standard InChI is InChI=1S/C28H41ClN6O5S/c1-8-30-26(33-21-13-15-22(16-14-21)34-27(36)40-28(4,5)6)31-18-19(2)17-25(32-20(3)39-7)35-41(37,38)24-12-10-9-11-23(24)29/h8-12,18-19,21-22H,1,3,13-17H2,2,4-7H3,(H,30,33)(H,32,35)(H,34,36)/b31-18-. The van der Waals surface area contributed by atoms with Crippen LogP contribution < -0.4 is 15.4 Å². The summed E-state index contributed by atoms with van der Waals surface area (Å²) in [5.74, 6) is 0.282. The van der Waals surface area contributed by atoms with Gasteiger partial charge in [0, 0.05) is 30.9 Å². The number of nitrogens with zero attached hydrogens (tertiary/aromatic N) is 3. The van der Waals surface area contributed by atoms with Gasteiger partial charge >= 0.3 is 6.09 Å². The molecule has 0 heterocycles. The molecule has 0 radical (unpaired) electrons. The fourth-order valence-electron chi connectivity index (χ4n) is 3.97. The van der Waals surface area contributed by atoms with Crippen molar-refractivity contribution in [3.05, 3.63) is 54.5 Å². The number of carbonyl (C=O) groups is 1. The van der Waals surface area contributed by atoms with E-state index in [1.165, 1.54) is 25.4 Å². The van der Waals surface area contributed by atoms with E-state index in [-0.39, 0.29) is 46.1 Å². The van der Waals surface area contributed by atoms with Gasteiger partial charge in [-0.2, -0.15) is 0 Å². The molecular formula is C28H41ClN6O5S. The highest BCUT2D eigenvalue weighted by atomic mass is 35.5. The van der Waals surface area contributed by atoms with E-state index in [0.717, 1.165) is 25.7 Å². The van der Waals surface area contributed by atoms with Crippen molar-refractivity contribution < 1.29 is 22.7 Å². The van der Waals surface area contributed by atoms with Crippen molar-refractivity contribution in [1.82, 2.24) is 15.4 Å². The van der Waals surface area contributed by atoms with E-state index in [1.807, 2.05) is 27.7 Å². The Hall–Kier alpha value is -3.38. The van der Waals surface area contributed by atoms with Gasteiger partial charge in [-0.25, -0.2) is 28.2 Å². The third-order valence-electron chi connectivity index (χ3n) is 5.84. The third-order valence-corrected chi connectivity index (χ3v) is 7.72. The van der Waals surface area contributed by atoms with Crippen molar-refractivity contribution in [3.63, 3.8) is 0 Å². The van der Waals surface area contributed by atoms with Gasteiger partial charge in [0.05, 0.1) is 12.1 Å². The molecule has 2 rings (SSSR count). The van der Waals surface area contributed by atoms with Gasteiger partial charge in [0.15, 0.2) is 0 Å². The van der Waals surface area contributed by atoms with Crippen LogP contribution in [0.3, 0.4) is 0 Å². The molecule has 1 atom stereocenters. The molecule has 1 aliphatic carbocycles. The molecule has 1 aromatic rings. The van der Waals surface area contributed by atoms with Gasteiger partial charge in [-0.1, -0.05) is 37.2 Å². The van der Waals surface area contributed by atoms with E-state index in [4.69, 9.17) is 21.1 Å². The van der Waals surface area contributed by atoms with Gasteiger partial charge < -0.3 is 20.1 Å². The summed E-state index contributed by atoms with van der Waals surface area (Å²) in [6.45, 7) is 14.7. The first-order valence-corrected chi connectivity index (χ1v) is 15.1. The topological polar surface area (TPSA) is 143 Å². The summed E-state index contributed by atoms with van der Waals surface area (Å²) in [7, 11) is -2.62. The summed E-state index contributed by atoms with van der Waals surface area (Å²) in [6.07, 6.45) is 6.00. The van der Waals surface area contributed by atoms with Crippen molar-refractivity contribution in [1.29, 1.82) is 0 Å². The number of aliphatic imine (C=N–C) groups is 3. The summed E-state index contributed by atoms with van der Waals surface area (Å²) in [5.41, 5.74) is -0.543. The number of nitrogens with one attached hydrogen (secondary N) is 3. The molecule has 11 nitrogen and oxygen atoms in total. The maximum Gasteiger partial charge on any atom is 0.407 e. The zero-order valence-corrected chi connectivity index (χ0v) is 25.9. The highest BCUT2D eigenvalue weighted by Crippen LogP contribution is 2.21. The fourth-order valence-corrected chi connectivity index (χ4v) is 5.54. The van der Waals surface area contributed by atoms with E-state index < -0.39 is 21.7 Å². The summed E-state index contributed by atoms with van der Waals surface area (Å²) >= 11 is 6.10. The normalized spacial score (nSPS) is 19.3. The quantitative estimate of drug-likeness (QED) is 0.190. The summed E-state index contributed by atoms with van der Waals surface area (Å²) < 4.78 is 38.8. The maximum atomic E-state index is 13.0. The minimum atomic E-state index is -4.01. The lowest BCUT2D eigenvalue weighted by molar-refractivity contribution is 0.0490. The second kappa shape index (κ2) is 15.6. The van der Waals surface area contributed by atoms with Gasteiger partial charge in [-0.3, -0.25) is 4.72 Å². The molecular weight excluding hydrogens is 568 g/mol. The molecule has 13 heteroatoms. The average molecular weight is 609 g/mol. The molecule has 41 heavy (non-hydrogen) atoms. The second-order valence-electron chi connectivity index (χ2n) is 10.6. The molecule has 1 saturated carbocycles. The molecule has 0 bridgehead atoms. The Labute approximate surface area is 248 Å². The lowest BCUT2D eigenvalue weighted by Crippen LogP contribution is -2.44. The van der Waals surface area contributed by atoms with Crippen molar-refractivity contribution in [3.8, 4) is 0 Å². The van der Waals surface area contributed by atoms with Crippen molar-refractivity contribution in [2.24, 2.45) is 20.9 Å². The Morgan fingerprint density at radius 1 is 1.17 bits per heavy atom. The zero-order chi connectivity index (χ0) is 30.6. The molecule has 0 aliphatic heterocycles. The maximum absolute atomic E-state index is 13.0. The molecule has 1 aliphatic rings. The Bertz CT molecular complexity index is 1260. The van der Waals surface area contributed by atoms with Crippen LogP contribution in [0.15, 0.2) is 69.4 Å². The van der Waals surface area contributed by atoms with Crippen LogP contribution in [-0.2, 0) is 19.5 Å². The van der Waals surface area contributed by atoms with E-state index in [1.54, 1.807) is 18.3 Å². The molecule has 0 aromatic heterocycles. The average Bonchev–Trinajstić information content (AvgIpc) is 2.87. The minimum Gasteiger partial charge on any atom is -0.481 e. The Kier molecular flexibility index (Phi) is 12.8. The molecule has 1 amide bonds. The van der Waals surface area contributed by atoms with Crippen LogP contribution in [0.25, 0.3) is 0 Å². The van der Waals surface area contributed by atoms with Crippen LogP contribution in [0.2, 0.25) is 5.02 Å². The number of alkyl carbamates (subject to hydrolysis) is 1. The molecule has 226 valence electrons. The lowest BCUT2D eigenvalue weighted by atomic mass is 9.91. The molecule has 1 unspecified atom stereocenters. The van der Waals surface area contributed by atoms with Crippen molar-refractivity contribution in [2.75, 3.05) is 7.11 Å². The number of amidine groups is 1. The SMILES string of the molecule is C=C/N=C(\N=C/C(C)C/C(=N\C(=C)OC)NS(=O)(=O)c1ccccc1Cl)NC1CCC(NC(=O)OC(C)(C)C)CC1. The number of methoxy groups -OCH3 is 1. The number of hydrogen-bond donors (Lipinski definition) is 3. The van der Waals surface area contributed by atoms with Gasteiger partial charge in [0.1, 0.15) is 16.3 Å². The Balaban J connectivity index is 2.01. The number of guanidine groups is 1. The van der Waals surface area contributed by atoms with Gasteiger partial charge in [-0.05, 0) is 71.1 Å². The molecule has 1 aromatic carbocycles. The molecule has 0 spiro atoms. The van der Waals surface area contributed by atoms with Crippen LogP contribution in [0.1, 0.15) is 59.8 Å². The highest BCUT2D eigenvalue weighted by molar-refractivity contribution is 7.90. The molecule has 1 fully saturated rings. The smallest absolute Gasteiger partial charge is 0.407 e. The summed E-state index contributed by atoms with van der Waals surface area (Å²) in [4.78, 5) is 24.9. The first-order valence-electron chi connectivity index (χ1n) is 13.3. The first-order chi connectivity index (χ1) is 19.2.